The van der Waals surface area contributed by atoms with Crippen molar-refractivity contribution in [2.75, 3.05) is 11.5 Å². The van der Waals surface area contributed by atoms with E-state index in [1.54, 1.807) is 6.20 Å². The topological polar surface area (TPSA) is 76.9 Å². The van der Waals surface area contributed by atoms with Crippen LogP contribution >= 0.6 is 0 Å². The van der Waals surface area contributed by atoms with E-state index in [0.29, 0.717) is 13.0 Å². The first-order valence-corrected chi connectivity index (χ1v) is 8.07. The van der Waals surface area contributed by atoms with E-state index in [4.69, 9.17) is 0 Å². The highest BCUT2D eigenvalue weighted by molar-refractivity contribution is 7.91. The summed E-state index contributed by atoms with van der Waals surface area (Å²) in [6.45, 7) is 0.563. The Hall–Kier alpha value is -1.47. The molecule has 0 amide bonds. The van der Waals surface area contributed by atoms with Crippen LogP contribution in [-0.4, -0.2) is 40.5 Å². The van der Waals surface area contributed by atoms with Crippen molar-refractivity contribution in [1.29, 1.82) is 0 Å². The Labute approximate surface area is 111 Å². The highest BCUT2D eigenvalue weighted by atomic mass is 32.2. The van der Waals surface area contributed by atoms with Gasteiger partial charge in [-0.15, -0.1) is 0 Å². The number of hydrogen-bond donors (Lipinski definition) is 1. The molecular formula is C12H16N4O2S. The van der Waals surface area contributed by atoms with Gasteiger partial charge in [-0.2, -0.15) is 0 Å². The molecule has 0 aliphatic carbocycles. The summed E-state index contributed by atoms with van der Waals surface area (Å²) in [6, 6.07) is 3.82. The standard InChI is InChI=1S/C12H16N4O2S/c1-16-11(15-10-3-2-5-13-12(10)16)7-14-9-4-6-19(17,18)8-9/h2-3,5,9,14H,4,6-8H2,1H3. The highest BCUT2D eigenvalue weighted by Crippen LogP contribution is 2.14. The number of sulfone groups is 1. The van der Waals surface area contributed by atoms with Gasteiger partial charge >= 0.3 is 0 Å². The molecule has 0 saturated carbocycles. The van der Waals surface area contributed by atoms with Crippen molar-refractivity contribution in [3.8, 4) is 0 Å². The molecule has 1 unspecified atom stereocenters. The molecule has 1 saturated heterocycles. The third-order valence-corrected chi connectivity index (χ3v) is 5.27. The predicted octanol–water partition coefficient (Wildman–Crippen LogP) is 0.245. The Kier molecular flexibility index (Phi) is 3.02. The molecule has 1 fully saturated rings. The maximum Gasteiger partial charge on any atom is 0.159 e. The zero-order chi connectivity index (χ0) is 13.5. The summed E-state index contributed by atoms with van der Waals surface area (Å²) >= 11 is 0. The summed E-state index contributed by atoms with van der Waals surface area (Å²) in [6.07, 6.45) is 2.43. The maximum atomic E-state index is 11.4. The first kappa shape index (κ1) is 12.6. The molecule has 1 aliphatic rings. The predicted molar refractivity (Wildman–Crippen MR) is 72.4 cm³/mol. The van der Waals surface area contributed by atoms with Crippen LogP contribution in [0.15, 0.2) is 18.3 Å². The Morgan fingerprint density at radius 3 is 3.05 bits per heavy atom. The molecule has 0 spiro atoms. The van der Waals surface area contributed by atoms with Crippen molar-refractivity contribution in [3.05, 3.63) is 24.2 Å². The Morgan fingerprint density at radius 2 is 2.37 bits per heavy atom. The zero-order valence-electron chi connectivity index (χ0n) is 10.7. The molecule has 3 rings (SSSR count). The minimum absolute atomic E-state index is 0.0396. The second-order valence-corrected chi connectivity index (χ2v) is 7.14. The quantitative estimate of drug-likeness (QED) is 0.872. The van der Waals surface area contributed by atoms with E-state index in [2.05, 4.69) is 15.3 Å². The first-order valence-electron chi connectivity index (χ1n) is 6.25. The van der Waals surface area contributed by atoms with Crippen LogP contribution in [0, 0.1) is 0 Å². The fourth-order valence-corrected chi connectivity index (χ4v) is 4.13. The van der Waals surface area contributed by atoms with Gasteiger partial charge in [0, 0.05) is 19.3 Å². The number of nitrogens with zero attached hydrogens (tertiary/aromatic N) is 3. The fourth-order valence-electron chi connectivity index (χ4n) is 2.42. The van der Waals surface area contributed by atoms with Crippen LogP contribution in [-0.2, 0) is 23.4 Å². The summed E-state index contributed by atoms with van der Waals surface area (Å²) < 4.78 is 24.7. The lowest BCUT2D eigenvalue weighted by Crippen LogP contribution is -2.30. The number of hydrogen-bond acceptors (Lipinski definition) is 5. The summed E-state index contributed by atoms with van der Waals surface area (Å²) in [4.78, 5) is 8.78. The van der Waals surface area contributed by atoms with Crippen molar-refractivity contribution in [2.45, 2.75) is 19.0 Å². The van der Waals surface area contributed by atoms with Crippen molar-refractivity contribution in [1.82, 2.24) is 19.9 Å². The minimum Gasteiger partial charge on any atom is -0.315 e. The van der Waals surface area contributed by atoms with Crippen LogP contribution in [0.25, 0.3) is 11.2 Å². The monoisotopic (exact) mass is 280 g/mol. The summed E-state index contributed by atoms with van der Waals surface area (Å²) in [7, 11) is -0.915. The van der Waals surface area contributed by atoms with Gasteiger partial charge < -0.3 is 9.88 Å². The molecular weight excluding hydrogens is 264 g/mol. The van der Waals surface area contributed by atoms with Crippen molar-refractivity contribution < 1.29 is 8.42 Å². The lowest BCUT2D eigenvalue weighted by atomic mass is 10.2. The molecule has 6 nitrogen and oxygen atoms in total. The molecule has 2 aromatic rings. The van der Waals surface area contributed by atoms with Gasteiger partial charge in [0.15, 0.2) is 15.5 Å². The molecule has 7 heteroatoms. The van der Waals surface area contributed by atoms with Gasteiger partial charge in [-0.1, -0.05) is 0 Å². The van der Waals surface area contributed by atoms with E-state index < -0.39 is 9.84 Å². The second kappa shape index (κ2) is 4.57. The van der Waals surface area contributed by atoms with E-state index >= 15 is 0 Å². The van der Waals surface area contributed by atoms with Crippen LogP contribution < -0.4 is 5.32 Å². The minimum atomic E-state index is -2.84. The largest absolute Gasteiger partial charge is 0.315 e. The lowest BCUT2D eigenvalue weighted by Gasteiger charge is -2.10. The normalized spacial score (nSPS) is 22.1. The first-order chi connectivity index (χ1) is 9.05. The van der Waals surface area contributed by atoms with E-state index in [9.17, 15) is 8.42 Å². The molecule has 3 heterocycles. The average molecular weight is 280 g/mol. The number of pyridine rings is 1. The zero-order valence-corrected chi connectivity index (χ0v) is 11.5. The van der Waals surface area contributed by atoms with Crippen LogP contribution in [0.2, 0.25) is 0 Å². The molecule has 0 radical (unpaired) electrons. The highest BCUT2D eigenvalue weighted by Gasteiger charge is 2.27. The second-order valence-electron chi connectivity index (χ2n) is 4.91. The van der Waals surface area contributed by atoms with Crippen LogP contribution in [0.1, 0.15) is 12.2 Å². The van der Waals surface area contributed by atoms with Gasteiger partial charge in [-0.25, -0.2) is 18.4 Å². The van der Waals surface area contributed by atoms with E-state index in [0.717, 1.165) is 17.0 Å². The lowest BCUT2D eigenvalue weighted by molar-refractivity contribution is 0.535. The van der Waals surface area contributed by atoms with Gasteiger partial charge in [0.05, 0.1) is 18.1 Å². The van der Waals surface area contributed by atoms with Gasteiger partial charge in [0.25, 0.3) is 0 Å². The third-order valence-electron chi connectivity index (χ3n) is 3.50. The van der Waals surface area contributed by atoms with Gasteiger partial charge in [0.1, 0.15) is 11.3 Å². The van der Waals surface area contributed by atoms with E-state index in [-0.39, 0.29) is 17.5 Å². The molecule has 0 aromatic carbocycles. The molecule has 1 aliphatic heterocycles. The van der Waals surface area contributed by atoms with E-state index in [1.807, 2.05) is 23.7 Å². The Bertz CT molecular complexity index is 708. The number of imidazole rings is 1. The molecule has 1 atom stereocenters. The molecule has 1 N–H and O–H groups in total. The van der Waals surface area contributed by atoms with Crippen LogP contribution in [0.3, 0.4) is 0 Å². The van der Waals surface area contributed by atoms with Crippen LogP contribution in [0.4, 0.5) is 0 Å². The SMILES string of the molecule is Cn1c(CNC2CCS(=O)(=O)C2)nc2cccnc21. The number of rotatable bonds is 3. The van der Waals surface area contributed by atoms with Gasteiger partial charge in [-0.3, -0.25) is 0 Å². The third kappa shape index (κ3) is 2.48. The Morgan fingerprint density at radius 1 is 1.53 bits per heavy atom. The van der Waals surface area contributed by atoms with Gasteiger partial charge in [0.2, 0.25) is 0 Å². The number of fused-ring (bicyclic) bond motifs is 1. The molecule has 0 bridgehead atoms. The summed E-state index contributed by atoms with van der Waals surface area (Å²) in [5.74, 6) is 1.39. The summed E-state index contributed by atoms with van der Waals surface area (Å²) in [5.41, 5.74) is 1.71. The molecule has 2 aromatic heterocycles. The Balaban J connectivity index is 1.74. The summed E-state index contributed by atoms with van der Waals surface area (Å²) in [5, 5.41) is 3.27. The van der Waals surface area contributed by atoms with Crippen molar-refractivity contribution >= 4 is 21.0 Å². The van der Waals surface area contributed by atoms with Crippen molar-refractivity contribution in [2.24, 2.45) is 7.05 Å². The molecule has 19 heavy (non-hydrogen) atoms. The van der Waals surface area contributed by atoms with E-state index in [1.165, 1.54) is 0 Å². The van der Waals surface area contributed by atoms with Crippen LogP contribution in [0.5, 0.6) is 0 Å². The van der Waals surface area contributed by atoms with Gasteiger partial charge in [-0.05, 0) is 18.6 Å². The smallest absolute Gasteiger partial charge is 0.159 e. The molecule has 102 valence electrons. The number of nitrogens with one attached hydrogen (secondary N) is 1. The number of aryl methyl sites for hydroxylation is 1. The fraction of sp³-hybridized carbons (Fsp3) is 0.500. The average Bonchev–Trinajstić information content (AvgIpc) is 2.88. The number of aromatic nitrogens is 3. The van der Waals surface area contributed by atoms with Crippen molar-refractivity contribution in [3.63, 3.8) is 0 Å². The maximum absolute atomic E-state index is 11.4.